The fraction of sp³-hybridized carbons (Fsp3) is 0.347. The maximum Gasteiger partial charge on any atom is 0.269 e. The number of nitrogens with one attached hydrogen (secondary N) is 2. The average Bonchev–Trinajstić information content (AvgIpc) is 3.30. The maximum atomic E-state index is 12.7. The van der Waals surface area contributed by atoms with Gasteiger partial charge in [0.05, 0.1) is 35.1 Å². The number of aliphatic hydroxyl groups excluding tert-OH is 1. The Morgan fingerprint density at radius 3 is 2.15 bits per heavy atom. The summed E-state index contributed by atoms with van der Waals surface area (Å²) in [4.78, 5) is 40.4. The number of rotatable bonds is 18. The standard InChI is InChI=1S/C49H56N6O7/c50-44-13-5-6-14-45(44)52-48(58)16-4-2-1-3-15-47(57)51-32-36-9-7-10-38(29-36)39-11-8-12-40(30-39)49-61-43(31-46(62-49)37-19-17-35(34-56)18-20-37)33-53-25-27-54(28-26-53)41-21-23-42(24-22-41)55(59)60/h5-14,17-24,29-30,43,46,49,56H,1-4,15-16,25-28,31-34,50H2,(H,51,57)(H,52,58)/t43-,46+,49+/m1/s1. The van der Waals surface area contributed by atoms with Crippen molar-refractivity contribution in [1.29, 1.82) is 0 Å². The Bertz CT molecular complexity index is 2260. The molecule has 2 amide bonds. The van der Waals surface area contributed by atoms with E-state index in [0.717, 1.165) is 97.5 Å². The summed E-state index contributed by atoms with van der Waals surface area (Å²) in [5.41, 5.74) is 14.0. The number of piperazine rings is 1. The van der Waals surface area contributed by atoms with Crippen LogP contribution in [-0.2, 0) is 32.2 Å². The van der Waals surface area contributed by atoms with E-state index in [1.54, 1.807) is 24.3 Å². The zero-order chi connectivity index (χ0) is 43.3. The van der Waals surface area contributed by atoms with E-state index in [0.29, 0.717) is 37.2 Å². The normalized spacial score (nSPS) is 18.0. The molecule has 7 rings (SSSR count). The van der Waals surface area contributed by atoms with Crippen LogP contribution in [0.4, 0.5) is 22.7 Å². The highest BCUT2D eigenvalue weighted by Gasteiger charge is 2.34. The van der Waals surface area contributed by atoms with Crippen molar-refractivity contribution >= 4 is 34.6 Å². The van der Waals surface area contributed by atoms with Gasteiger partial charge in [-0.15, -0.1) is 0 Å². The Balaban J connectivity index is 0.918. The Labute approximate surface area is 363 Å². The number of carbonyl (C=O) groups excluding carboxylic acids is 2. The lowest BCUT2D eigenvalue weighted by Gasteiger charge is -2.41. The molecule has 13 nitrogen and oxygen atoms in total. The zero-order valence-electron chi connectivity index (χ0n) is 35.0. The summed E-state index contributed by atoms with van der Waals surface area (Å²) >= 11 is 0. The molecule has 0 bridgehead atoms. The smallest absolute Gasteiger partial charge is 0.269 e. The number of benzene rings is 5. The van der Waals surface area contributed by atoms with Gasteiger partial charge in [-0.05, 0) is 77.1 Å². The number of nitrogen functional groups attached to an aromatic ring is 1. The summed E-state index contributed by atoms with van der Waals surface area (Å²) in [6.45, 7) is 4.40. The lowest BCUT2D eigenvalue weighted by Crippen LogP contribution is -2.49. The number of nitro groups is 1. The van der Waals surface area contributed by atoms with Gasteiger partial charge in [0, 0.05) is 81.9 Å². The van der Waals surface area contributed by atoms with E-state index < -0.39 is 6.29 Å². The van der Waals surface area contributed by atoms with Crippen LogP contribution >= 0.6 is 0 Å². The molecule has 2 saturated heterocycles. The molecule has 5 aromatic carbocycles. The summed E-state index contributed by atoms with van der Waals surface area (Å²) < 4.78 is 13.4. The van der Waals surface area contributed by atoms with Gasteiger partial charge in [0.25, 0.3) is 5.69 Å². The number of amides is 2. The van der Waals surface area contributed by atoms with Crippen LogP contribution in [0.1, 0.15) is 79.6 Å². The number of ether oxygens (including phenoxy) is 2. The van der Waals surface area contributed by atoms with Crippen LogP contribution in [0.25, 0.3) is 11.1 Å². The first-order chi connectivity index (χ1) is 30.2. The van der Waals surface area contributed by atoms with Gasteiger partial charge in [0.15, 0.2) is 6.29 Å². The molecule has 3 atom stereocenters. The molecule has 62 heavy (non-hydrogen) atoms. The van der Waals surface area contributed by atoms with Crippen molar-refractivity contribution in [3.05, 3.63) is 154 Å². The van der Waals surface area contributed by atoms with E-state index >= 15 is 0 Å². The summed E-state index contributed by atoms with van der Waals surface area (Å²) in [7, 11) is 0. The number of nitrogens with zero attached hydrogens (tertiary/aromatic N) is 3. The summed E-state index contributed by atoms with van der Waals surface area (Å²) in [5.74, 6) is -0.0566. The molecule has 13 heteroatoms. The number of nitro benzene ring substituents is 1. The Hall–Kier alpha value is -6.12. The average molecular weight is 841 g/mol. The predicted molar refractivity (Wildman–Crippen MR) is 241 cm³/mol. The minimum absolute atomic E-state index is 0.00257. The monoisotopic (exact) mass is 840 g/mol. The number of carbonyl (C=O) groups is 2. The van der Waals surface area contributed by atoms with Gasteiger partial charge in [-0.3, -0.25) is 24.6 Å². The fourth-order valence-electron chi connectivity index (χ4n) is 8.06. The van der Waals surface area contributed by atoms with Gasteiger partial charge in [-0.1, -0.05) is 85.6 Å². The van der Waals surface area contributed by atoms with Crippen LogP contribution in [0.5, 0.6) is 0 Å². The Kier molecular flexibility index (Phi) is 15.3. The number of anilines is 3. The maximum absolute atomic E-state index is 12.7. The van der Waals surface area contributed by atoms with Crippen LogP contribution in [0.15, 0.2) is 121 Å². The Morgan fingerprint density at radius 1 is 0.742 bits per heavy atom. The van der Waals surface area contributed by atoms with Gasteiger partial charge < -0.3 is 35.8 Å². The molecule has 2 aliphatic heterocycles. The number of unbranched alkanes of at least 4 members (excludes halogenated alkanes) is 3. The molecule has 0 unspecified atom stereocenters. The van der Waals surface area contributed by atoms with Gasteiger partial charge in [0.1, 0.15) is 0 Å². The van der Waals surface area contributed by atoms with Crippen LogP contribution in [0.2, 0.25) is 0 Å². The number of nitrogens with two attached hydrogens (primary N) is 1. The van der Waals surface area contributed by atoms with Gasteiger partial charge in [-0.25, -0.2) is 0 Å². The van der Waals surface area contributed by atoms with Crippen molar-refractivity contribution in [3.63, 3.8) is 0 Å². The number of non-ortho nitro benzene ring substituents is 1. The largest absolute Gasteiger partial charge is 0.397 e. The molecule has 2 fully saturated rings. The zero-order valence-corrected chi connectivity index (χ0v) is 35.0. The summed E-state index contributed by atoms with van der Waals surface area (Å²) in [6, 6.07) is 38.3. The van der Waals surface area contributed by atoms with Gasteiger partial charge in [-0.2, -0.15) is 0 Å². The predicted octanol–water partition coefficient (Wildman–Crippen LogP) is 8.30. The summed E-state index contributed by atoms with van der Waals surface area (Å²) in [5, 5.41) is 26.7. The first-order valence-corrected chi connectivity index (χ1v) is 21.5. The van der Waals surface area contributed by atoms with Crippen molar-refractivity contribution in [2.24, 2.45) is 0 Å². The highest BCUT2D eigenvalue weighted by Crippen LogP contribution is 2.39. The molecule has 0 spiro atoms. The third-order valence-corrected chi connectivity index (χ3v) is 11.6. The molecule has 2 heterocycles. The molecule has 5 aromatic rings. The van der Waals surface area contributed by atoms with Crippen molar-refractivity contribution in [2.45, 2.75) is 76.6 Å². The SMILES string of the molecule is Nc1ccccc1NC(=O)CCCCCCC(=O)NCc1cccc(-c2cccc([C@H]3O[C@@H](CN4CCN(c5ccc([N+](=O)[O-])cc5)CC4)C[C@@H](c4ccc(CO)cc4)O3)c2)c1. The highest BCUT2D eigenvalue weighted by molar-refractivity contribution is 5.93. The van der Waals surface area contributed by atoms with Crippen molar-refractivity contribution in [3.8, 4) is 11.1 Å². The topological polar surface area (TPSA) is 173 Å². The second-order valence-corrected chi connectivity index (χ2v) is 16.1. The molecule has 0 radical (unpaired) electrons. The van der Waals surface area contributed by atoms with E-state index in [2.05, 4.69) is 44.7 Å². The number of hydrogen-bond acceptors (Lipinski definition) is 10. The third-order valence-electron chi connectivity index (χ3n) is 11.6. The molecule has 0 aliphatic carbocycles. The quantitative estimate of drug-likeness (QED) is 0.0291. The lowest BCUT2D eigenvalue weighted by atomic mass is 9.98. The molecule has 0 aromatic heterocycles. The molecular weight excluding hydrogens is 785 g/mol. The molecule has 2 aliphatic rings. The minimum Gasteiger partial charge on any atom is -0.397 e. The fourth-order valence-corrected chi connectivity index (χ4v) is 8.06. The number of hydrogen-bond donors (Lipinski definition) is 4. The third kappa shape index (κ3) is 12.3. The first kappa shape index (κ1) is 44.0. The minimum atomic E-state index is -0.606. The second-order valence-electron chi connectivity index (χ2n) is 16.1. The molecule has 324 valence electrons. The van der Waals surface area contributed by atoms with Crippen molar-refractivity contribution < 1.29 is 29.1 Å². The van der Waals surface area contributed by atoms with Crippen LogP contribution < -0.4 is 21.3 Å². The van der Waals surface area contributed by atoms with E-state index in [1.165, 1.54) is 0 Å². The van der Waals surface area contributed by atoms with E-state index in [1.807, 2.05) is 72.8 Å². The van der Waals surface area contributed by atoms with Crippen molar-refractivity contribution in [2.75, 3.05) is 48.7 Å². The van der Waals surface area contributed by atoms with Crippen LogP contribution in [-0.4, -0.2) is 65.6 Å². The lowest BCUT2D eigenvalue weighted by molar-refractivity contribution is -0.384. The van der Waals surface area contributed by atoms with Gasteiger partial charge >= 0.3 is 0 Å². The second kappa shape index (κ2) is 21.6. The molecular formula is C49H56N6O7. The molecule has 0 saturated carbocycles. The van der Waals surface area contributed by atoms with E-state index in [9.17, 15) is 24.8 Å². The molecule has 5 N–H and O–H groups in total. The van der Waals surface area contributed by atoms with E-state index in [4.69, 9.17) is 15.2 Å². The Morgan fingerprint density at radius 2 is 1.44 bits per heavy atom. The van der Waals surface area contributed by atoms with Crippen LogP contribution in [0, 0.1) is 10.1 Å². The van der Waals surface area contributed by atoms with Gasteiger partial charge in [0.2, 0.25) is 11.8 Å². The number of aliphatic hydroxyl groups is 1. The first-order valence-electron chi connectivity index (χ1n) is 21.5. The van der Waals surface area contributed by atoms with Crippen LogP contribution in [0.3, 0.4) is 0 Å². The summed E-state index contributed by atoms with van der Waals surface area (Å²) in [6.07, 6.45) is 3.84. The van der Waals surface area contributed by atoms with E-state index in [-0.39, 0.29) is 41.2 Å². The number of para-hydroxylation sites is 2. The highest BCUT2D eigenvalue weighted by atomic mass is 16.7. The van der Waals surface area contributed by atoms with Crippen molar-refractivity contribution in [1.82, 2.24) is 10.2 Å².